The third-order valence-electron chi connectivity index (χ3n) is 9.11. The van der Waals surface area contributed by atoms with Crippen molar-refractivity contribution >= 4 is 19.8 Å². The summed E-state index contributed by atoms with van der Waals surface area (Å²) >= 11 is 0. The van der Waals surface area contributed by atoms with Crippen LogP contribution in [0.1, 0.15) is 194 Å². The smallest absolute Gasteiger partial charge is 0.462 e. The number of allylic oxidation sites excluding steroid dienone is 4. The van der Waals surface area contributed by atoms with Gasteiger partial charge in [0.15, 0.2) is 6.10 Å². The van der Waals surface area contributed by atoms with E-state index in [2.05, 4.69) is 42.7 Å². The number of hydrogen-bond donors (Lipinski definition) is 3. The number of aliphatic hydroxyl groups is 2. The van der Waals surface area contributed by atoms with E-state index in [1.807, 2.05) is 0 Å². The predicted molar refractivity (Wildman–Crippen MR) is 215 cm³/mol. The fraction of sp³-hybridized carbons (Fsp3) is 0.857. The molecule has 53 heavy (non-hydrogen) atoms. The molecule has 0 aliphatic carbocycles. The fourth-order valence-electron chi connectivity index (χ4n) is 5.79. The first kappa shape index (κ1) is 51.5. The molecular formula is C42H79O10P. The van der Waals surface area contributed by atoms with Gasteiger partial charge in [-0.1, -0.05) is 160 Å². The second-order valence-corrected chi connectivity index (χ2v) is 15.8. The molecule has 0 heterocycles. The van der Waals surface area contributed by atoms with Gasteiger partial charge >= 0.3 is 19.8 Å². The Balaban J connectivity index is 4.31. The molecule has 0 radical (unpaired) electrons. The Bertz CT molecular complexity index is 941. The van der Waals surface area contributed by atoms with Crippen LogP contribution in [0, 0.1) is 0 Å². The molecule has 11 heteroatoms. The van der Waals surface area contributed by atoms with Crippen molar-refractivity contribution in [2.24, 2.45) is 0 Å². The molecule has 0 aromatic carbocycles. The number of carbonyl (C=O) groups is 2. The summed E-state index contributed by atoms with van der Waals surface area (Å²) in [5.41, 5.74) is 0. The molecule has 0 rings (SSSR count). The van der Waals surface area contributed by atoms with Gasteiger partial charge in [0.05, 0.1) is 19.8 Å². The molecule has 3 unspecified atom stereocenters. The van der Waals surface area contributed by atoms with Crippen molar-refractivity contribution in [1.29, 1.82) is 0 Å². The van der Waals surface area contributed by atoms with E-state index in [0.29, 0.717) is 12.8 Å². The molecule has 0 saturated carbocycles. The molecule has 0 aliphatic heterocycles. The molecule has 0 fully saturated rings. The summed E-state index contributed by atoms with van der Waals surface area (Å²) in [4.78, 5) is 34.9. The number of ether oxygens (including phenoxy) is 2. The van der Waals surface area contributed by atoms with Crippen molar-refractivity contribution in [2.45, 2.75) is 206 Å². The second kappa shape index (κ2) is 38.7. The highest BCUT2D eigenvalue weighted by atomic mass is 31.2. The van der Waals surface area contributed by atoms with E-state index in [0.717, 1.165) is 57.8 Å². The van der Waals surface area contributed by atoms with Crippen LogP contribution < -0.4 is 0 Å². The number of phosphoric ester groups is 1. The lowest BCUT2D eigenvalue weighted by Crippen LogP contribution is -2.29. The van der Waals surface area contributed by atoms with E-state index < -0.39 is 51.8 Å². The Kier molecular flexibility index (Phi) is 37.6. The van der Waals surface area contributed by atoms with Gasteiger partial charge in [0.2, 0.25) is 0 Å². The van der Waals surface area contributed by atoms with E-state index >= 15 is 0 Å². The van der Waals surface area contributed by atoms with Crippen LogP contribution in [-0.2, 0) is 32.7 Å². The zero-order valence-corrected chi connectivity index (χ0v) is 34.6. The Morgan fingerprint density at radius 2 is 0.981 bits per heavy atom. The van der Waals surface area contributed by atoms with Gasteiger partial charge in [-0.05, 0) is 44.9 Å². The van der Waals surface area contributed by atoms with Crippen LogP contribution in [-0.4, -0.2) is 65.7 Å². The maximum Gasteiger partial charge on any atom is 0.472 e. The number of rotatable bonds is 40. The summed E-state index contributed by atoms with van der Waals surface area (Å²) in [6, 6.07) is 0. The highest BCUT2D eigenvalue weighted by Gasteiger charge is 2.27. The lowest BCUT2D eigenvalue weighted by atomic mass is 10.0. The molecule has 0 aromatic rings. The van der Waals surface area contributed by atoms with E-state index in [-0.39, 0.29) is 19.4 Å². The van der Waals surface area contributed by atoms with Crippen LogP contribution in [0.4, 0.5) is 0 Å². The number of phosphoric acid groups is 1. The molecule has 312 valence electrons. The molecule has 0 saturated heterocycles. The minimum atomic E-state index is -4.61. The predicted octanol–water partition coefficient (Wildman–Crippen LogP) is 11.0. The lowest BCUT2D eigenvalue weighted by Gasteiger charge is -2.20. The van der Waals surface area contributed by atoms with Crippen LogP contribution in [0.2, 0.25) is 0 Å². The van der Waals surface area contributed by atoms with Crippen molar-refractivity contribution < 1.29 is 47.8 Å². The summed E-state index contributed by atoms with van der Waals surface area (Å²) < 4.78 is 32.7. The van der Waals surface area contributed by atoms with Crippen LogP contribution in [0.25, 0.3) is 0 Å². The Morgan fingerprint density at radius 3 is 1.49 bits per heavy atom. The number of hydrogen-bond acceptors (Lipinski definition) is 9. The van der Waals surface area contributed by atoms with E-state index in [1.54, 1.807) is 0 Å². The monoisotopic (exact) mass is 775 g/mol. The minimum absolute atomic E-state index is 0.185. The van der Waals surface area contributed by atoms with Crippen LogP contribution in [0.3, 0.4) is 0 Å². The van der Waals surface area contributed by atoms with Gasteiger partial charge in [-0.15, -0.1) is 0 Å². The zero-order chi connectivity index (χ0) is 39.1. The Hall–Kier alpha value is -1.55. The molecular weight excluding hydrogens is 695 g/mol. The number of unbranched alkanes of at least 4 members (excludes halogenated alkanes) is 22. The first-order valence-corrected chi connectivity index (χ1v) is 22.8. The van der Waals surface area contributed by atoms with Crippen LogP contribution in [0.5, 0.6) is 0 Å². The minimum Gasteiger partial charge on any atom is -0.462 e. The van der Waals surface area contributed by atoms with Crippen molar-refractivity contribution in [3.8, 4) is 0 Å². The Morgan fingerprint density at radius 1 is 0.566 bits per heavy atom. The third kappa shape index (κ3) is 38.5. The van der Waals surface area contributed by atoms with Crippen molar-refractivity contribution in [1.82, 2.24) is 0 Å². The molecule has 3 N–H and O–H groups in total. The average Bonchev–Trinajstić information content (AvgIpc) is 3.14. The molecule has 0 aromatic heterocycles. The van der Waals surface area contributed by atoms with Gasteiger partial charge in [0.25, 0.3) is 0 Å². The summed E-state index contributed by atoms with van der Waals surface area (Å²) in [7, 11) is -4.61. The van der Waals surface area contributed by atoms with Gasteiger partial charge in [-0.2, -0.15) is 0 Å². The van der Waals surface area contributed by atoms with E-state index in [9.17, 15) is 24.2 Å². The number of esters is 2. The Labute approximate surface area is 323 Å². The molecule has 0 aliphatic rings. The van der Waals surface area contributed by atoms with E-state index in [4.69, 9.17) is 19.1 Å². The van der Waals surface area contributed by atoms with Gasteiger partial charge in [-0.25, -0.2) is 4.57 Å². The maximum absolute atomic E-state index is 12.6. The first-order chi connectivity index (χ1) is 25.7. The van der Waals surface area contributed by atoms with E-state index in [1.165, 1.54) is 96.3 Å². The largest absolute Gasteiger partial charge is 0.472 e. The van der Waals surface area contributed by atoms with Crippen LogP contribution in [0.15, 0.2) is 24.3 Å². The van der Waals surface area contributed by atoms with Gasteiger partial charge in [0.1, 0.15) is 12.7 Å². The fourth-order valence-corrected chi connectivity index (χ4v) is 6.58. The van der Waals surface area contributed by atoms with Crippen molar-refractivity contribution in [3.63, 3.8) is 0 Å². The number of aliphatic hydroxyl groups excluding tert-OH is 2. The molecule has 10 nitrogen and oxygen atoms in total. The molecule has 0 amide bonds. The van der Waals surface area contributed by atoms with Crippen LogP contribution >= 0.6 is 7.82 Å². The topological polar surface area (TPSA) is 149 Å². The summed E-state index contributed by atoms with van der Waals surface area (Å²) in [5, 5.41) is 18.3. The normalized spacial score (nSPS) is 14.1. The standard InChI is InChI=1S/C42H79O10P/c1-3-5-7-9-11-13-15-17-19-21-23-25-27-29-31-33-41(45)49-37-40(38-51-53(47,48)50-36-39(44)35-43)52-42(46)34-32-30-28-26-24-22-20-18-16-14-12-10-8-6-4-2/h11,13,17,19,39-40,43-44H,3-10,12,14-16,18,20-38H2,1-2H3,(H,47,48). The molecule has 0 spiro atoms. The molecule has 3 atom stereocenters. The highest BCUT2D eigenvalue weighted by molar-refractivity contribution is 7.47. The SMILES string of the molecule is CCCCCC=CCC=CCCCCCCCC(=O)OCC(COP(=O)(O)OCC(O)CO)OC(=O)CCCCCCCCCCCCCCCCC. The van der Waals surface area contributed by atoms with Crippen molar-refractivity contribution in [2.75, 3.05) is 26.4 Å². The zero-order valence-electron chi connectivity index (χ0n) is 33.7. The summed E-state index contributed by atoms with van der Waals surface area (Å²) in [6.07, 6.45) is 37.1. The number of carbonyl (C=O) groups excluding carboxylic acids is 2. The molecule has 0 bridgehead atoms. The first-order valence-electron chi connectivity index (χ1n) is 21.3. The summed E-state index contributed by atoms with van der Waals surface area (Å²) in [6.45, 7) is 2.35. The third-order valence-corrected chi connectivity index (χ3v) is 10.1. The van der Waals surface area contributed by atoms with Gasteiger partial charge < -0.3 is 24.6 Å². The summed E-state index contributed by atoms with van der Waals surface area (Å²) in [5.74, 6) is -0.934. The second-order valence-electron chi connectivity index (χ2n) is 14.4. The maximum atomic E-state index is 12.6. The van der Waals surface area contributed by atoms with Gasteiger partial charge in [-0.3, -0.25) is 18.6 Å². The van der Waals surface area contributed by atoms with Crippen molar-refractivity contribution in [3.05, 3.63) is 24.3 Å². The highest BCUT2D eigenvalue weighted by Crippen LogP contribution is 2.43. The van der Waals surface area contributed by atoms with Gasteiger partial charge in [0, 0.05) is 12.8 Å². The average molecular weight is 775 g/mol. The lowest BCUT2D eigenvalue weighted by molar-refractivity contribution is -0.161. The quantitative estimate of drug-likeness (QED) is 0.0238.